The molecule has 2 N–H and O–H groups in total. The van der Waals surface area contributed by atoms with E-state index >= 15 is 0 Å². The fraction of sp³-hybridized carbons (Fsp3) is 0.0769. The summed E-state index contributed by atoms with van der Waals surface area (Å²) in [5.41, 5.74) is 1.32. The van der Waals surface area contributed by atoms with Crippen LogP contribution in [-0.2, 0) is 11.2 Å². The van der Waals surface area contributed by atoms with E-state index in [1.54, 1.807) is 6.07 Å². The number of aromatic amines is 1. The second-order valence-electron chi connectivity index (χ2n) is 3.79. The summed E-state index contributed by atoms with van der Waals surface area (Å²) in [5.74, 6) is -0.121. The molecule has 0 bridgehead atoms. The molecule has 0 spiro atoms. The lowest BCUT2D eigenvalue weighted by Crippen LogP contribution is -2.15. The minimum atomic E-state index is -0.194. The van der Waals surface area contributed by atoms with Gasteiger partial charge in [0.25, 0.3) is 0 Å². The van der Waals surface area contributed by atoms with E-state index in [0.29, 0.717) is 12.1 Å². The third-order valence-electron chi connectivity index (χ3n) is 2.35. The van der Waals surface area contributed by atoms with Crippen molar-refractivity contribution in [1.82, 2.24) is 4.98 Å². The van der Waals surface area contributed by atoms with Crippen molar-refractivity contribution >= 4 is 27.5 Å². The van der Waals surface area contributed by atoms with Crippen LogP contribution in [0.2, 0.25) is 0 Å². The Bertz CT molecular complexity index is 585. The van der Waals surface area contributed by atoms with Crippen molar-refractivity contribution in [1.29, 1.82) is 0 Å². The fourth-order valence-electron chi connectivity index (χ4n) is 1.48. The van der Waals surface area contributed by atoms with Gasteiger partial charge in [0.1, 0.15) is 0 Å². The summed E-state index contributed by atoms with van der Waals surface area (Å²) >= 11 is 3.34. The molecule has 92 valence electrons. The normalized spacial score (nSPS) is 10.1. The van der Waals surface area contributed by atoms with E-state index in [9.17, 15) is 9.59 Å². The Kier molecular flexibility index (Phi) is 3.94. The van der Waals surface area contributed by atoms with E-state index in [1.165, 1.54) is 12.3 Å². The summed E-state index contributed by atoms with van der Waals surface area (Å²) in [4.78, 5) is 25.1. The number of carbonyl (C=O) groups excluding carboxylic acids is 1. The first-order valence-corrected chi connectivity index (χ1v) is 6.16. The molecule has 0 aliphatic rings. The highest BCUT2D eigenvalue weighted by molar-refractivity contribution is 9.10. The lowest BCUT2D eigenvalue weighted by atomic mass is 10.1. The molecule has 0 saturated carbocycles. The van der Waals surface area contributed by atoms with Crippen molar-refractivity contribution in [2.24, 2.45) is 0 Å². The van der Waals surface area contributed by atoms with Crippen molar-refractivity contribution in [3.8, 4) is 0 Å². The van der Waals surface area contributed by atoms with Crippen molar-refractivity contribution in [2.45, 2.75) is 6.42 Å². The maximum atomic E-state index is 11.7. The van der Waals surface area contributed by atoms with Crippen LogP contribution in [0, 0.1) is 0 Å². The highest BCUT2D eigenvalue weighted by Gasteiger charge is 2.04. The van der Waals surface area contributed by atoms with Crippen LogP contribution in [0.5, 0.6) is 0 Å². The van der Waals surface area contributed by atoms with Crippen LogP contribution < -0.4 is 10.9 Å². The van der Waals surface area contributed by atoms with Gasteiger partial charge in [-0.2, -0.15) is 0 Å². The maximum Gasteiger partial charge on any atom is 0.248 e. The average Bonchev–Trinajstić information content (AvgIpc) is 2.35. The Hall–Kier alpha value is -1.88. The molecule has 1 heterocycles. The molecule has 18 heavy (non-hydrogen) atoms. The van der Waals surface area contributed by atoms with Crippen LogP contribution in [0.4, 0.5) is 5.69 Å². The third kappa shape index (κ3) is 3.56. The average molecular weight is 307 g/mol. The van der Waals surface area contributed by atoms with Gasteiger partial charge in [-0.05, 0) is 23.8 Å². The maximum absolute atomic E-state index is 11.7. The highest BCUT2D eigenvalue weighted by atomic mass is 79.9. The smallest absolute Gasteiger partial charge is 0.248 e. The first-order chi connectivity index (χ1) is 8.63. The first kappa shape index (κ1) is 12.6. The van der Waals surface area contributed by atoms with Crippen molar-refractivity contribution < 1.29 is 4.79 Å². The van der Waals surface area contributed by atoms with E-state index < -0.39 is 0 Å². The van der Waals surface area contributed by atoms with Gasteiger partial charge >= 0.3 is 0 Å². The molecule has 1 aromatic heterocycles. The van der Waals surface area contributed by atoms with Crippen LogP contribution in [0.25, 0.3) is 0 Å². The summed E-state index contributed by atoms with van der Waals surface area (Å²) in [6.45, 7) is 0. The van der Waals surface area contributed by atoms with E-state index in [-0.39, 0.29) is 11.5 Å². The molecule has 0 aliphatic carbocycles. The number of pyridine rings is 1. The van der Waals surface area contributed by atoms with Crippen molar-refractivity contribution in [2.75, 3.05) is 5.32 Å². The van der Waals surface area contributed by atoms with Crippen LogP contribution in [0.3, 0.4) is 0 Å². The molecular formula is C13H11BrN2O2. The van der Waals surface area contributed by atoms with E-state index in [4.69, 9.17) is 0 Å². The number of hydrogen-bond acceptors (Lipinski definition) is 2. The van der Waals surface area contributed by atoms with Crippen LogP contribution in [0.1, 0.15) is 5.56 Å². The van der Waals surface area contributed by atoms with Gasteiger partial charge in [0.05, 0.1) is 12.1 Å². The van der Waals surface area contributed by atoms with Gasteiger partial charge in [0, 0.05) is 16.7 Å². The predicted octanol–water partition coefficient (Wildman–Crippen LogP) is 2.32. The molecule has 0 unspecified atom stereocenters. The Morgan fingerprint density at radius 2 is 1.89 bits per heavy atom. The SMILES string of the molecule is O=C(Cc1ccc(Br)cc1)Nc1ccc(=O)[nH]c1. The van der Waals surface area contributed by atoms with Crippen molar-refractivity contribution in [3.05, 3.63) is 63.0 Å². The molecule has 4 nitrogen and oxygen atoms in total. The Morgan fingerprint density at radius 1 is 1.17 bits per heavy atom. The molecule has 2 rings (SSSR count). The topological polar surface area (TPSA) is 62.0 Å². The van der Waals surface area contributed by atoms with E-state index in [0.717, 1.165) is 10.0 Å². The van der Waals surface area contributed by atoms with Gasteiger partial charge < -0.3 is 10.3 Å². The molecule has 0 aliphatic heterocycles. The van der Waals surface area contributed by atoms with Crippen LogP contribution in [0.15, 0.2) is 51.9 Å². The number of carbonyl (C=O) groups is 1. The number of amides is 1. The number of anilines is 1. The number of benzene rings is 1. The summed E-state index contributed by atoms with van der Waals surface area (Å²) in [5, 5.41) is 2.71. The van der Waals surface area contributed by atoms with E-state index in [1.807, 2.05) is 24.3 Å². The lowest BCUT2D eigenvalue weighted by Gasteiger charge is -2.04. The zero-order valence-electron chi connectivity index (χ0n) is 9.44. The van der Waals surface area contributed by atoms with E-state index in [2.05, 4.69) is 26.2 Å². The molecule has 0 saturated heterocycles. The third-order valence-corrected chi connectivity index (χ3v) is 2.87. The summed E-state index contributed by atoms with van der Waals surface area (Å²) in [6.07, 6.45) is 1.77. The highest BCUT2D eigenvalue weighted by Crippen LogP contribution is 2.11. The number of rotatable bonds is 3. The standard InChI is InChI=1S/C13H11BrN2O2/c14-10-3-1-9(2-4-10)7-13(18)16-11-5-6-12(17)15-8-11/h1-6,8H,7H2,(H,15,17)(H,16,18). The first-order valence-electron chi connectivity index (χ1n) is 5.36. The number of nitrogens with one attached hydrogen (secondary N) is 2. The van der Waals surface area contributed by atoms with Gasteiger partial charge in [-0.25, -0.2) is 0 Å². The van der Waals surface area contributed by atoms with Gasteiger partial charge in [-0.15, -0.1) is 0 Å². The van der Waals surface area contributed by atoms with Crippen LogP contribution >= 0.6 is 15.9 Å². The number of H-pyrrole nitrogens is 1. The fourth-order valence-corrected chi connectivity index (χ4v) is 1.75. The minimum absolute atomic E-state index is 0.121. The molecule has 0 atom stereocenters. The number of hydrogen-bond donors (Lipinski definition) is 2. The van der Waals surface area contributed by atoms with Crippen molar-refractivity contribution in [3.63, 3.8) is 0 Å². The quantitative estimate of drug-likeness (QED) is 0.914. The molecule has 1 amide bonds. The van der Waals surface area contributed by atoms with Gasteiger partial charge in [0.15, 0.2) is 0 Å². The summed E-state index contributed by atoms with van der Waals surface area (Å²) < 4.78 is 0.979. The van der Waals surface area contributed by atoms with Crippen LogP contribution in [-0.4, -0.2) is 10.9 Å². The predicted molar refractivity (Wildman–Crippen MR) is 73.5 cm³/mol. The largest absolute Gasteiger partial charge is 0.327 e. The van der Waals surface area contributed by atoms with Gasteiger partial charge in [-0.3, -0.25) is 9.59 Å². The Morgan fingerprint density at radius 3 is 2.50 bits per heavy atom. The molecular weight excluding hydrogens is 296 g/mol. The zero-order chi connectivity index (χ0) is 13.0. The zero-order valence-corrected chi connectivity index (χ0v) is 11.0. The molecule has 5 heteroatoms. The molecule has 0 fully saturated rings. The Balaban J connectivity index is 1.98. The molecule has 1 aromatic carbocycles. The Labute approximate surface area is 112 Å². The number of aromatic nitrogens is 1. The van der Waals surface area contributed by atoms with Gasteiger partial charge in [0.2, 0.25) is 11.5 Å². The minimum Gasteiger partial charge on any atom is -0.327 e. The summed E-state index contributed by atoms with van der Waals surface area (Å²) in [7, 11) is 0. The summed E-state index contributed by atoms with van der Waals surface area (Å²) in [6, 6.07) is 10.5. The van der Waals surface area contributed by atoms with Gasteiger partial charge in [-0.1, -0.05) is 28.1 Å². The second kappa shape index (κ2) is 5.64. The molecule has 0 radical (unpaired) electrons. The molecule has 2 aromatic rings. The second-order valence-corrected chi connectivity index (χ2v) is 4.71. The lowest BCUT2D eigenvalue weighted by molar-refractivity contribution is -0.115. The number of halogens is 1. The monoisotopic (exact) mass is 306 g/mol.